The maximum atomic E-state index is 12.9. The molecule has 0 saturated carbocycles. The molecule has 0 amide bonds. The molecule has 0 saturated heterocycles. The first-order chi connectivity index (χ1) is 15.1. The molecule has 0 radical (unpaired) electrons. The van der Waals surface area contributed by atoms with E-state index in [4.69, 9.17) is 9.72 Å². The van der Waals surface area contributed by atoms with Crippen molar-refractivity contribution in [3.8, 4) is 0 Å². The summed E-state index contributed by atoms with van der Waals surface area (Å²) in [5.74, 6) is 0.167. The summed E-state index contributed by atoms with van der Waals surface area (Å²) in [6.45, 7) is 11.6. The van der Waals surface area contributed by atoms with Crippen molar-refractivity contribution in [2.75, 3.05) is 0 Å². The van der Waals surface area contributed by atoms with Crippen LogP contribution in [0.4, 0.5) is 0 Å². The molecular formula is C27H35NO3S. The Labute approximate surface area is 195 Å². The topological polar surface area (TPSA) is 59.4 Å². The van der Waals surface area contributed by atoms with Crippen molar-refractivity contribution >= 4 is 27.3 Å². The lowest BCUT2D eigenvalue weighted by Crippen LogP contribution is -2.28. The Morgan fingerprint density at radius 1 is 1.31 bits per heavy atom. The highest BCUT2D eigenvalue weighted by Crippen LogP contribution is 2.47. The third-order valence-corrected chi connectivity index (χ3v) is 7.72. The number of aryl methyl sites for hydroxylation is 3. The van der Waals surface area contributed by atoms with Gasteiger partial charge >= 0.3 is 0 Å². The van der Waals surface area contributed by atoms with Crippen molar-refractivity contribution in [3.05, 3.63) is 50.7 Å². The molecule has 2 aliphatic carbocycles. The molecule has 1 N–H and O–H groups in total. The Hall–Kier alpha value is -1.98. The van der Waals surface area contributed by atoms with E-state index in [2.05, 4.69) is 13.0 Å². The second kappa shape index (κ2) is 8.75. The molecule has 32 heavy (non-hydrogen) atoms. The normalized spacial score (nSPS) is 20.0. The summed E-state index contributed by atoms with van der Waals surface area (Å²) in [5, 5.41) is 12.3. The van der Waals surface area contributed by atoms with Gasteiger partial charge < -0.3 is 9.84 Å². The summed E-state index contributed by atoms with van der Waals surface area (Å²) >= 11 is 1.79. The lowest BCUT2D eigenvalue weighted by molar-refractivity contribution is -0.139. The Kier molecular flexibility index (Phi) is 6.34. The van der Waals surface area contributed by atoms with Gasteiger partial charge in [-0.1, -0.05) is 13.0 Å². The largest absolute Gasteiger partial charge is 0.512 e. The van der Waals surface area contributed by atoms with Crippen molar-refractivity contribution in [1.82, 2.24) is 4.98 Å². The van der Waals surface area contributed by atoms with Crippen LogP contribution < -0.4 is 0 Å². The average molecular weight is 454 g/mol. The van der Waals surface area contributed by atoms with E-state index in [0.717, 1.165) is 58.3 Å². The van der Waals surface area contributed by atoms with Crippen LogP contribution >= 0.6 is 11.3 Å². The first-order valence-corrected chi connectivity index (χ1v) is 12.6. The number of aliphatic hydroxyl groups excluding tert-OH is 1. The van der Waals surface area contributed by atoms with Gasteiger partial charge in [0.05, 0.1) is 5.60 Å². The summed E-state index contributed by atoms with van der Waals surface area (Å²) in [7, 11) is 0. The highest BCUT2D eigenvalue weighted by molar-refractivity contribution is 7.18. The van der Waals surface area contributed by atoms with E-state index < -0.39 is 11.7 Å². The standard InChI is InChI=1S/C27H35NO3S/c1-7-17-12-13-18(20(30)14-17)23-22(25(16(3)29)31-27(4,5)6)15(2)28-26-24(23)19-10-8-9-11-21(19)32-26/h12,14,18,25,30H,7-11,13H2,1-6H3/t18?,25-/m1/s1. The van der Waals surface area contributed by atoms with Crippen LogP contribution in [0.1, 0.15) is 99.6 Å². The molecule has 172 valence electrons. The Balaban J connectivity index is 2.02. The highest BCUT2D eigenvalue weighted by atomic mass is 32.1. The number of ketones is 1. The van der Waals surface area contributed by atoms with Crippen molar-refractivity contribution < 1.29 is 14.6 Å². The summed E-state index contributed by atoms with van der Waals surface area (Å²) in [5.41, 5.74) is 4.78. The minimum atomic E-state index is -0.703. The molecule has 2 atom stereocenters. The zero-order chi connectivity index (χ0) is 23.2. The van der Waals surface area contributed by atoms with Gasteiger partial charge in [-0.2, -0.15) is 0 Å². The number of hydrogen-bond acceptors (Lipinski definition) is 5. The molecule has 4 nitrogen and oxygen atoms in total. The smallest absolute Gasteiger partial charge is 0.163 e. The third kappa shape index (κ3) is 4.29. The second-order valence-electron chi connectivity index (χ2n) is 10.1. The van der Waals surface area contributed by atoms with Crippen molar-refractivity contribution in [2.45, 2.75) is 97.7 Å². The molecular weight excluding hydrogens is 418 g/mol. The van der Waals surface area contributed by atoms with E-state index in [-0.39, 0.29) is 11.7 Å². The lowest BCUT2D eigenvalue weighted by atomic mass is 9.80. The quantitative estimate of drug-likeness (QED) is 0.520. The predicted molar refractivity (Wildman–Crippen MR) is 132 cm³/mol. The molecule has 0 aliphatic heterocycles. The van der Waals surface area contributed by atoms with Crippen LogP contribution in [0.25, 0.3) is 10.2 Å². The first-order valence-electron chi connectivity index (χ1n) is 11.8. The van der Waals surface area contributed by atoms with E-state index in [9.17, 15) is 9.90 Å². The molecule has 1 unspecified atom stereocenters. The fraction of sp³-hybridized carbons (Fsp3) is 0.556. The Bertz CT molecular complexity index is 1120. The second-order valence-corrected chi connectivity index (χ2v) is 11.2. The van der Waals surface area contributed by atoms with Gasteiger partial charge in [-0.15, -0.1) is 11.3 Å². The van der Waals surface area contributed by atoms with Crippen molar-refractivity contribution in [3.63, 3.8) is 0 Å². The van der Waals surface area contributed by atoms with Gasteiger partial charge in [-0.25, -0.2) is 4.98 Å². The number of rotatable bonds is 5. The van der Waals surface area contributed by atoms with Crippen molar-refractivity contribution in [2.24, 2.45) is 0 Å². The molecule has 2 aromatic heterocycles. The van der Waals surface area contributed by atoms with Crippen LogP contribution in [0.5, 0.6) is 0 Å². The molecule has 0 bridgehead atoms. The molecule has 0 fully saturated rings. The SMILES string of the molecule is CCC1=CCC(c2c([C@H](OC(C)(C)C)C(C)=O)c(C)nc3sc4c(c23)CCCC4)C(O)=C1. The number of pyridine rings is 1. The number of aromatic nitrogens is 1. The van der Waals surface area contributed by atoms with Crippen LogP contribution in [0.2, 0.25) is 0 Å². The van der Waals surface area contributed by atoms with Crippen molar-refractivity contribution in [1.29, 1.82) is 0 Å². The summed E-state index contributed by atoms with van der Waals surface area (Å²) in [4.78, 5) is 20.4. The fourth-order valence-electron chi connectivity index (χ4n) is 5.09. The molecule has 4 rings (SSSR count). The van der Waals surface area contributed by atoms with Crippen LogP contribution in [0.3, 0.4) is 0 Å². The number of ether oxygens (including phenoxy) is 1. The molecule has 2 aliphatic rings. The number of carbonyl (C=O) groups excluding carboxylic acids is 1. The number of aliphatic hydroxyl groups is 1. The number of nitrogens with zero attached hydrogens (tertiary/aromatic N) is 1. The molecule has 2 heterocycles. The fourth-order valence-corrected chi connectivity index (χ4v) is 6.42. The van der Waals surface area contributed by atoms with Gasteiger partial charge in [-0.3, -0.25) is 4.79 Å². The summed E-state index contributed by atoms with van der Waals surface area (Å²) < 4.78 is 6.34. The Morgan fingerprint density at radius 3 is 2.66 bits per heavy atom. The van der Waals surface area contributed by atoms with Gasteiger partial charge in [0.1, 0.15) is 16.7 Å². The third-order valence-electron chi connectivity index (χ3n) is 6.54. The molecule has 0 spiro atoms. The Morgan fingerprint density at radius 2 is 2.03 bits per heavy atom. The number of fused-ring (bicyclic) bond motifs is 3. The minimum Gasteiger partial charge on any atom is -0.512 e. The van der Waals surface area contributed by atoms with E-state index in [1.165, 1.54) is 23.3 Å². The number of carbonyl (C=O) groups is 1. The summed E-state index contributed by atoms with van der Waals surface area (Å²) in [6, 6.07) is 0. The monoisotopic (exact) mass is 453 g/mol. The highest BCUT2D eigenvalue weighted by Gasteiger charge is 2.35. The number of allylic oxidation sites excluding steroid dienone is 4. The maximum absolute atomic E-state index is 12.9. The van der Waals surface area contributed by atoms with Gasteiger partial charge in [-0.05, 0) is 95.9 Å². The summed E-state index contributed by atoms with van der Waals surface area (Å²) in [6.07, 6.45) is 9.55. The maximum Gasteiger partial charge on any atom is 0.163 e. The zero-order valence-electron chi connectivity index (χ0n) is 20.2. The number of thiophene rings is 1. The van der Waals surface area contributed by atoms with Gasteiger partial charge in [0.25, 0.3) is 0 Å². The van der Waals surface area contributed by atoms with Crippen LogP contribution in [-0.4, -0.2) is 21.5 Å². The van der Waals surface area contributed by atoms with Gasteiger partial charge in [0, 0.05) is 27.4 Å². The van der Waals surface area contributed by atoms with Crippen LogP contribution in [0.15, 0.2) is 23.5 Å². The first kappa shape index (κ1) is 23.2. The van der Waals surface area contributed by atoms with Gasteiger partial charge in [0.15, 0.2) is 5.78 Å². The lowest BCUT2D eigenvalue weighted by Gasteiger charge is -2.31. The van der Waals surface area contributed by atoms with Gasteiger partial charge in [0.2, 0.25) is 0 Å². The predicted octanol–water partition coefficient (Wildman–Crippen LogP) is 7.19. The van der Waals surface area contributed by atoms with E-state index in [1.54, 1.807) is 18.3 Å². The van der Waals surface area contributed by atoms with Crippen LogP contribution in [-0.2, 0) is 22.4 Å². The molecule has 0 aromatic carbocycles. The molecule has 2 aromatic rings. The van der Waals surface area contributed by atoms with Crippen LogP contribution in [0, 0.1) is 6.92 Å². The number of Topliss-reactive ketones (excluding diaryl/α,β-unsaturated/α-hetero) is 1. The minimum absolute atomic E-state index is 0.0291. The number of hydrogen-bond donors (Lipinski definition) is 1. The molecule has 5 heteroatoms. The zero-order valence-corrected chi connectivity index (χ0v) is 21.0. The average Bonchev–Trinajstić information content (AvgIpc) is 3.08. The van der Waals surface area contributed by atoms with E-state index in [1.807, 2.05) is 33.8 Å². The van der Waals surface area contributed by atoms with E-state index in [0.29, 0.717) is 5.76 Å². The van der Waals surface area contributed by atoms with E-state index >= 15 is 0 Å².